The molecule has 2 aromatic carbocycles. The number of hydrogen-bond acceptors (Lipinski definition) is 3. The van der Waals surface area contributed by atoms with Gasteiger partial charge in [0.2, 0.25) is 0 Å². The van der Waals surface area contributed by atoms with Crippen molar-refractivity contribution in [3.63, 3.8) is 0 Å². The van der Waals surface area contributed by atoms with Crippen LogP contribution < -0.4 is 10.6 Å². The zero-order valence-corrected chi connectivity index (χ0v) is 13.3. The molecule has 1 unspecified atom stereocenters. The number of aryl methyl sites for hydroxylation is 1. The van der Waals surface area contributed by atoms with Crippen molar-refractivity contribution in [1.82, 2.24) is 5.32 Å². The molecule has 1 atom stereocenters. The molecule has 1 aliphatic carbocycles. The summed E-state index contributed by atoms with van der Waals surface area (Å²) in [4.78, 5) is 23.9. The number of para-hydroxylation sites is 1. The standard InChI is InChI=1S/C19H20N2O3/c22-17(18(23)21-15-9-2-1-3-10-15)20-13-19(24)12-6-8-14-7-4-5-11-16(14)19/h1-5,7,9-11,24H,6,8,12-13H2,(H,20,22)(H,21,23). The lowest BCUT2D eigenvalue weighted by Crippen LogP contribution is -2.46. The van der Waals surface area contributed by atoms with Crippen molar-refractivity contribution in [3.05, 3.63) is 65.7 Å². The minimum Gasteiger partial charge on any atom is -0.383 e. The first kappa shape index (κ1) is 16.2. The Kier molecular flexibility index (Phi) is 4.62. The predicted octanol–water partition coefficient (Wildman–Crippen LogP) is 1.97. The SMILES string of the molecule is O=C(NCC1(O)CCCc2ccccc21)C(=O)Nc1ccccc1. The lowest BCUT2D eigenvalue weighted by Gasteiger charge is -2.34. The van der Waals surface area contributed by atoms with Crippen LogP contribution in [0, 0.1) is 0 Å². The molecule has 0 fully saturated rings. The van der Waals surface area contributed by atoms with Crippen LogP contribution in [0.3, 0.4) is 0 Å². The van der Waals surface area contributed by atoms with Gasteiger partial charge in [0, 0.05) is 5.69 Å². The van der Waals surface area contributed by atoms with Crippen LogP contribution in [0.15, 0.2) is 54.6 Å². The molecule has 2 amide bonds. The maximum Gasteiger partial charge on any atom is 0.313 e. The lowest BCUT2D eigenvalue weighted by atomic mass is 9.79. The summed E-state index contributed by atoms with van der Waals surface area (Å²) in [5, 5.41) is 16.0. The molecule has 0 saturated heterocycles. The molecule has 3 N–H and O–H groups in total. The minimum atomic E-state index is -1.13. The van der Waals surface area contributed by atoms with Crippen molar-refractivity contribution in [3.8, 4) is 0 Å². The van der Waals surface area contributed by atoms with Crippen molar-refractivity contribution in [1.29, 1.82) is 0 Å². The zero-order chi connectivity index (χ0) is 17.0. The number of carbonyl (C=O) groups is 2. The molecule has 0 bridgehead atoms. The number of benzene rings is 2. The van der Waals surface area contributed by atoms with E-state index in [4.69, 9.17) is 0 Å². The highest BCUT2D eigenvalue weighted by Gasteiger charge is 2.34. The van der Waals surface area contributed by atoms with Gasteiger partial charge in [-0.1, -0.05) is 42.5 Å². The minimum absolute atomic E-state index is 0.0189. The summed E-state index contributed by atoms with van der Waals surface area (Å²) in [6, 6.07) is 16.5. The summed E-state index contributed by atoms with van der Waals surface area (Å²) in [5.74, 6) is -1.50. The van der Waals surface area contributed by atoms with Gasteiger partial charge >= 0.3 is 11.8 Å². The summed E-state index contributed by atoms with van der Waals surface area (Å²) in [6.07, 6.45) is 2.32. The fourth-order valence-electron chi connectivity index (χ4n) is 3.10. The number of carbonyl (C=O) groups excluding carboxylic acids is 2. The number of amides is 2. The van der Waals surface area contributed by atoms with E-state index in [1.54, 1.807) is 24.3 Å². The van der Waals surface area contributed by atoms with Gasteiger partial charge < -0.3 is 15.7 Å². The van der Waals surface area contributed by atoms with Crippen LogP contribution >= 0.6 is 0 Å². The van der Waals surface area contributed by atoms with Gasteiger partial charge in [0.05, 0.1) is 6.54 Å². The molecule has 0 saturated carbocycles. The summed E-state index contributed by atoms with van der Waals surface area (Å²) in [6.45, 7) is 0.0189. The van der Waals surface area contributed by atoms with Crippen molar-refractivity contribution >= 4 is 17.5 Å². The van der Waals surface area contributed by atoms with Crippen LogP contribution in [0.25, 0.3) is 0 Å². The summed E-state index contributed by atoms with van der Waals surface area (Å²) in [5.41, 5.74) is 1.35. The third kappa shape index (κ3) is 3.46. The van der Waals surface area contributed by atoms with Crippen molar-refractivity contribution in [2.75, 3.05) is 11.9 Å². The van der Waals surface area contributed by atoms with Crippen molar-refractivity contribution in [2.24, 2.45) is 0 Å². The van der Waals surface area contributed by atoms with Gasteiger partial charge in [0.25, 0.3) is 0 Å². The van der Waals surface area contributed by atoms with Crippen LogP contribution in [-0.4, -0.2) is 23.5 Å². The van der Waals surface area contributed by atoms with E-state index in [-0.39, 0.29) is 6.54 Å². The summed E-state index contributed by atoms with van der Waals surface area (Å²) in [7, 11) is 0. The predicted molar refractivity (Wildman–Crippen MR) is 91.4 cm³/mol. The molecule has 5 heteroatoms. The van der Waals surface area contributed by atoms with E-state index in [9.17, 15) is 14.7 Å². The fourth-order valence-corrected chi connectivity index (χ4v) is 3.10. The van der Waals surface area contributed by atoms with E-state index in [0.717, 1.165) is 24.0 Å². The van der Waals surface area contributed by atoms with E-state index in [1.165, 1.54) is 0 Å². The molecule has 24 heavy (non-hydrogen) atoms. The van der Waals surface area contributed by atoms with E-state index < -0.39 is 17.4 Å². The van der Waals surface area contributed by atoms with E-state index in [1.807, 2.05) is 30.3 Å². The van der Waals surface area contributed by atoms with E-state index in [0.29, 0.717) is 12.1 Å². The van der Waals surface area contributed by atoms with Gasteiger partial charge in [0.1, 0.15) is 5.60 Å². The van der Waals surface area contributed by atoms with Gasteiger partial charge in [-0.3, -0.25) is 9.59 Å². The third-order valence-corrected chi connectivity index (χ3v) is 4.33. The Bertz CT molecular complexity index is 745. The molecule has 0 aliphatic heterocycles. The molecule has 1 aliphatic rings. The highest BCUT2D eigenvalue weighted by atomic mass is 16.3. The normalized spacial score (nSPS) is 19.2. The number of aliphatic hydroxyl groups is 1. The maximum absolute atomic E-state index is 12.0. The molecule has 0 spiro atoms. The fraction of sp³-hybridized carbons (Fsp3) is 0.263. The maximum atomic E-state index is 12.0. The molecule has 0 aromatic heterocycles. The summed E-state index contributed by atoms with van der Waals surface area (Å²) < 4.78 is 0. The Morgan fingerprint density at radius 3 is 2.50 bits per heavy atom. The Balaban J connectivity index is 1.63. The smallest absolute Gasteiger partial charge is 0.313 e. The third-order valence-electron chi connectivity index (χ3n) is 4.33. The first-order valence-electron chi connectivity index (χ1n) is 8.03. The van der Waals surface area contributed by atoms with Gasteiger partial charge in [-0.2, -0.15) is 0 Å². The van der Waals surface area contributed by atoms with Crippen LogP contribution in [-0.2, 0) is 21.6 Å². The Morgan fingerprint density at radius 2 is 1.71 bits per heavy atom. The molecule has 124 valence electrons. The first-order chi connectivity index (χ1) is 11.6. The average Bonchev–Trinajstić information content (AvgIpc) is 2.61. The van der Waals surface area contributed by atoms with Crippen molar-refractivity contribution < 1.29 is 14.7 Å². The first-order valence-corrected chi connectivity index (χ1v) is 8.03. The molecule has 3 rings (SSSR count). The Labute approximate surface area is 140 Å². The van der Waals surface area contributed by atoms with Crippen molar-refractivity contribution in [2.45, 2.75) is 24.9 Å². The lowest BCUT2D eigenvalue weighted by molar-refractivity contribution is -0.137. The van der Waals surface area contributed by atoms with Gasteiger partial charge in [-0.05, 0) is 42.5 Å². The highest BCUT2D eigenvalue weighted by Crippen LogP contribution is 2.34. The number of anilines is 1. The highest BCUT2D eigenvalue weighted by molar-refractivity contribution is 6.39. The molecule has 0 radical (unpaired) electrons. The number of hydrogen-bond donors (Lipinski definition) is 3. The zero-order valence-electron chi connectivity index (χ0n) is 13.3. The second kappa shape index (κ2) is 6.84. The Morgan fingerprint density at radius 1 is 1.00 bits per heavy atom. The molecule has 2 aromatic rings. The quantitative estimate of drug-likeness (QED) is 0.755. The average molecular weight is 324 g/mol. The second-order valence-electron chi connectivity index (χ2n) is 6.05. The van der Waals surface area contributed by atoms with Crippen LogP contribution in [0.4, 0.5) is 5.69 Å². The Hall–Kier alpha value is -2.66. The molecule has 0 heterocycles. The van der Waals surface area contributed by atoms with Gasteiger partial charge in [-0.15, -0.1) is 0 Å². The van der Waals surface area contributed by atoms with Crippen LogP contribution in [0.1, 0.15) is 24.0 Å². The molecule has 5 nitrogen and oxygen atoms in total. The number of fused-ring (bicyclic) bond motifs is 1. The van der Waals surface area contributed by atoms with E-state index >= 15 is 0 Å². The molecular weight excluding hydrogens is 304 g/mol. The summed E-state index contributed by atoms with van der Waals surface area (Å²) >= 11 is 0. The van der Waals surface area contributed by atoms with Gasteiger partial charge in [-0.25, -0.2) is 0 Å². The molecular formula is C19H20N2O3. The monoisotopic (exact) mass is 324 g/mol. The van der Waals surface area contributed by atoms with Crippen LogP contribution in [0.2, 0.25) is 0 Å². The number of rotatable bonds is 3. The largest absolute Gasteiger partial charge is 0.383 e. The van der Waals surface area contributed by atoms with Gasteiger partial charge in [0.15, 0.2) is 0 Å². The van der Waals surface area contributed by atoms with Crippen LogP contribution in [0.5, 0.6) is 0 Å². The number of nitrogens with one attached hydrogen (secondary N) is 2. The topological polar surface area (TPSA) is 78.4 Å². The van der Waals surface area contributed by atoms with E-state index in [2.05, 4.69) is 10.6 Å². The second-order valence-corrected chi connectivity index (χ2v) is 6.05.